The van der Waals surface area contributed by atoms with Gasteiger partial charge in [-0.15, -0.1) is 0 Å². The van der Waals surface area contributed by atoms with Crippen molar-refractivity contribution in [1.29, 1.82) is 0 Å². The molecular formula is C22H27N3O5S. The highest BCUT2D eigenvalue weighted by Crippen LogP contribution is 2.34. The summed E-state index contributed by atoms with van der Waals surface area (Å²) < 4.78 is 31.3. The maximum absolute atomic E-state index is 13.0. The van der Waals surface area contributed by atoms with Crippen LogP contribution in [0.25, 0.3) is 0 Å². The molecule has 1 aliphatic heterocycles. The van der Waals surface area contributed by atoms with Crippen LogP contribution in [-0.4, -0.2) is 57.2 Å². The maximum atomic E-state index is 13.0. The van der Waals surface area contributed by atoms with Gasteiger partial charge in [-0.05, 0) is 35.7 Å². The average Bonchev–Trinajstić information content (AvgIpc) is 2.73. The van der Waals surface area contributed by atoms with Crippen LogP contribution in [0.4, 0.5) is 5.69 Å². The van der Waals surface area contributed by atoms with Crippen molar-refractivity contribution < 1.29 is 22.7 Å². The van der Waals surface area contributed by atoms with E-state index >= 15 is 0 Å². The first-order chi connectivity index (χ1) is 14.6. The zero-order chi connectivity index (χ0) is 22.8. The molecule has 0 saturated carbocycles. The summed E-state index contributed by atoms with van der Waals surface area (Å²) in [5, 5.41) is 2.77. The Balaban J connectivity index is 1.88. The largest absolute Gasteiger partial charge is 0.495 e. The summed E-state index contributed by atoms with van der Waals surface area (Å²) >= 11 is 0. The van der Waals surface area contributed by atoms with Crippen molar-refractivity contribution in [2.75, 3.05) is 33.1 Å². The van der Waals surface area contributed by atoms with Crippen molar-refractivity contribution in [3.8, 4) is 5.75 Å². The lowest BCUT2D eigenvalue weighted by Crippen LogP contribution is -2.40. The molecule has 1 atom stereocenters. The minimum absolute atomic E-state index is 0.0435. The van der Waals surface area contributed by atoms with Gasteiger partial charge in [0, 0.05) is 27.6 Å². The number of ether oxygens (including phenoxy) is 1. The Morgan fingerprint density at radius 1 is 1.19 bits per heavy atom. The number of carbonyl (C=O) groups excluding carboxylic acids is 2. The van der Waals surface area contributed by atoms with Crippen molar-refractivity contribution in [2.45, 2.75) is 30.7 Å². The Bertz CT molecular complexity index is 1100. The van der Waals surface area contributed by atoms with E-state index < -0.39 is 10.0 Å². The Hall–Kier alpha value is -2.91. The second-order valence-corrected chi connectivity index (χ2v) is 9.73. The normalized spacial score (nSPS) is 16.0. The summed E-state index contributed by atoms with van der Waals surface area (Å²) in [6, 6.07) is 11.7. The standard InChI is InChI=1S/C22H27N3O5S/c1-15(26)25-12-11-16-7-5-6-8-18(16)20(25)14-22(27)23-19-13-17(9-10-21(19)30-4)31(28,29)24(2)3/h5-10,13,20H,11-12,14H2,1-4H3,(H,23,27). The van der Waals surface area contributed by atoms with Crippen molar-refractivity contribution >= 4 is 27.5 Å². The Kier molecular flexibility index (Phi) is 6.66. The molecule has 1 aliphatic rings. The van der Waals surface area contributed by atoms with Crippen LogP contribution in [0.5, 0.6) is 5.75 Å². The van der Waals surface area contributed by atoms with Gasteiger partial charge in [0.05, 0.1) is 30.2 Å². The van der Waals surface area contributed by atoms with Crippen LogP contribution in [0.15, 0.2) is 47.4 Å². The van der Waals surface area contributed by atoms with Crippen LogP contribution >= 0.6 is 0 Å². The molecule has 0 fully saturated rings. The van der Waals surface area contributed by atoms with E-state index in [-0.39, 0.29) is 34.9 Å². The summed E-state index contributed by atoms with van der Waals surface area (Å²) in [4.78, 5) is 26.9. The molecule has 3 rings (SSSR count). The molecule has 1 heterocycles. The molecule has 166 valence electrons. The van der Waals surface area contributed by atoms with E-state index in [1.807, 2.05) is 24.3 Å². The lowest BCUT2D eigenvalue weighted by atomic mass is 9.90. The molecule has 0 radical (unpaired) electrons. The predicted molar refractivity (Wildman–Crippen MR) is 117 cm³/mol. The Labute approximate surface area is 182 Å². The first kappa shape index (κ1) is 22.8. The number of amides is 2. The number of hydrogen-bond donors (Lipinski definition) is 1. The molecule has 31 heavy (non-hydrogen) atoms. The van der Waals surface area contributed by atoms with Crippen LogP contribution in [0, 0.1) is 0 Å². The van der Waals surface area contributed by atoms with Gasteiger partial charge < -0.3 is 15.0 Å². The summed E-state index contributed by atoms with van der Waals surface area (Å²) in [7, 11) is 0.649. The smallest absolute Gasteiger partial charge is 0.242 e. The number of benzene rings is 2. The van der Waals surface area contributed by atoms with Crippen molar-refractivity contribution in [1.82, 2.24) is 9.21 Å². The predicted octanol–water partition coefficient (Wildman–Crippen LogP) is 2.42. The van der Waals surface area contributed by atoms with Gasteiger partial charge in [0.2, 0.25) is 21.8 Å². The number of fused-ring (bicyclic) bond motifs is 1. The highest BCUT2D eigenvalue weighted by atomic mass is 32.2. The molecule has 2 amide bonds. The zero-order valence-electron chi connectivity index (χ0n) is 18.1. The number of methoxy groups -OCH3 is 1. The van der Waals surface area contributed by atoms with Gasteiger partial charge in [0.25, 0.3) is 0 Å². The summed E-state index contributed by atoms with van der Waals surface area (Å²) in [5.74, 6) is -0.0897. The van der Waals surface area contributed by atoms with E-state index in [1.54, 1.807) is 4.90 Å². The third-order valence-corrected chi connectivity index (χ3v) is 7.23. The maximum Gasteiger partial charge on any atom is 0.242 e. The fourth-order valence-electron chi connectivity index (χ4n) is 3.78. The minimum atomic E-state index is -3.67. The van der Waals surface area contributed by atoms with Crippen molar-refractivity contribution in [3.63, 3.8) is 0 Å². The van der Waals surface area contributed by atoms with Gasteiger partial charge in [0.15, 0.2) is 0 Å². The highest BCUT2D eigenvalue weighted by Gasteiger charge is 2.31. The van der Waals surface area contributed by atoms with Crippen LogP contribution in [-0.2, 0) is 26.0 Å². The first-order valence-corrected chi connectivity index (χ1v) is 11.3. The minimum Gasteiger partial charge on any atom is -0.495 e. The lowest BCUT2D eigenvalue weighted by Gasteiger charge is -2.36. The highest BCUT2D eigenvalue weighted by molar-refractivity contribution is 7.89. The summed E-state index contributed by atoms with van der Waals surface area (Å²) in [6.45, 7) is 2.04. The van der Waals surface area contributed by atoms with Gasteiger partial charge in [-0.2, -0.15) is 0 Å². The van der Waals surface area contributed by atoms with Gasteiger partial charge in [-0.1, -0.05) is 24.3 Å². The summed E-state index contributed by atoms with van der Waals surface area (Å²) in [5.41, 5.74) is 2.33. The molecule has 2 aromatic carbocycles. The van der Waals surface area contributed by atoms with Gasteiger partial charge in [0.1, 0.15) is 5.75 Å². The Morgan fingerprint density at radius 3 is 2.55 bits per heavy atom. The second kappa shape index (κ2) is 9.07. The topological polar surface area (TPSA) is 96.0 Å². The molecule has 0 spiro atoms. The SMILES string of the molecule is COc1ccc(S(=O)(=O)N(C)C)cc1NC(=O)CC1c2ccccc2CCN1C(C)=O. The molecule has 1 unspecified atom stereocenters. The Morgan fingerprint density at radius 2 is 1.90 bits per heavy atom. The number of hydrogen-bond acceptors (Lipinski definition) is 5. The fourth-order valence-corrected chi connectivity index (χ4v) is 4.71. The van der Waals surface area contributed by atoms with E-state index in [9.17, 15) is 18.0 Å². The molecule has 8 nitrogen and oxygen atoms in total. The van der Waals surface area contributed by atoms with E-state index in [2.05, 4.69) is 5.32 Å². The van der Waals surface area contributed by atoms with Crippen LogP contribution < -0.4 is 10.1 Å². The van der Waals surface area contributed by atoms with E-state index in [1.165, 1.54) is 46.3 Å². The van der Waals surface area contributed by atoms with E-state index in [0.29, 0.717) is 12.3 Å². The molecule has 9 heteroatoms. The molecule has 0 bridgehead atoms. The first-order valence-electron chi connectivity index (χ1n) is 9.90. The van der Waals surface area contributed by atoms with Crippen LogP contribution in [0.2, 0.25) is 0 Å². The molecule has 0 aliphatic carbocycles. The second-order valence-electron chi connectivity index (χ2n) is 7.58. The number of sulfonamides is 1. The van der Waals surface area contributed by atoms with Crippen LogP contribution in [0.1, 0.15) is 30.5 Å². The molecule has 0 aromatic heterocycles. The number of rotatable bonds is 6. The average molecular weight is 446 g/mol. The molecular weight excluding hydrogens is 418 g/mol. The van der Waals surface area contributed by atoms with Crippen molar-refractivity contribution in [3.05, 3.63) is 53.6 Å². The van der Waals surface area contributed by atoms with E-state index in [4.69, 9.17) is 4.74 Å². The third-order valence-electron chi connectivity index (χ3n) is 5.42. The molecule has 2 aromatic rings. The molecule has 0 saturated heterocycles. The number of anilines is 1. The molecule has 1 N–H and O–H groups in total. The summed E-state index contributed by atoms with van der Waals surface area (Å²) in [6.07, 6.45) is 0.788. The lowest BCUT2D eigenvalue weighted by molar-refractivity contribution is -0.132. The van der Waals surface area contributed by atoms with Crippen molar-refractivity contribution in [2.24, 2.45) is 0 Å². The van der Waals surface area contributed by atoms with Crippen LogP contribution in [0.3, 0.4) is 0 Å². The number of nitrogens with zero attached hydrogens (tertiary/aromatic N) is 2. The fraction of sp³-hybridized carbons (Fsp3) is 0.364. The number of carbonyl (C=O) groups is 2. The monoisotopic (exact) mass is 445 g/mol. The van der Waals surface area contributed by atoms with Gasteiger partial charge in [-0.3, -0.25) is 9.59 Å². The zero-order valence-corrected chi connectivity index (χ0v) is 18.9. The number of nitrogens with one attached hydrogen (secondary N) is 1. The van der Waals surface area contributed by atoms with Gasteiger partial charge in [-0.25, -0.2) is 12.7 Å². The van der Waals surface area contributed by atoms with E-state index in [0.717, 1.165) is 21.9 Å². The quantitative estimate of drug-likeness (QED) is 0.737. The van der Waals surface area contributed by atoms with Gasteiger partial charge >= 0.3 is 0 Å². The third kappa shape index (κ3) is 4.72.